The van der Waals surface area contributed by atoms with Crippen molar-refractivity contribution in [1.29, 1.82) is 0 Å². The second-order valence-electron chi connectivity index (χ2n) is 5.83. The van der Waals surface area contributed by atoms with E-state index in [1.54, 1.807) is 18.4 Å². The normalized spacial score (nSPS) is 17.3. The number of hydrogen-bond acceptors (Lipinski definition) is 5. The zero-order valence-corrected chi connectivity index (χ0v) is 14.3. The van der Waals surface area contributed by atoms with E-state index in [9.17, 15) is 0 Å². The summed E-state index contributed by atoms with van der Waals surface area (Å²) in [6.45, 7) is 1.71. The van der Waals surface area contributed by atoms with Crippen molar-refractivity contribution in [3.63, 3.8) is 0 Å². The van der Waals surface area contributed by atoms with Crippen LogP contribution in [0, 0.1) is 0 Å². The smallest absolute Gasteiger partial charge is 0.139 e. The number of nitrogens with zero attached hydrogens (tertiary/aromatic N) is 3. The Morgan fingerprint density at radius 3 is 3.08 bits per heavy atom. The van der Waals surface area contributed by atoms with Crippen LogP contribution in [0.3, 0.4) is 0 Å². The van der Waals surface area contributed by atoms with E-state index >= 15 is 0 Å². The van der Waals surface area contributed by atoms with Gasteiger partial charge in [0, 0.05) is 35.5 Å². The van der Waals surface area contributed by atoms with Gasteiger partial charge in [0.15, 0.2) is 0 Å². The molecule has 6 heteroatoms. The third kappa shape index (κ3) is 2.95. The fourth-order valence-electron chi connectivity index (χ4n) is 3.12. The molecule has 124 valence electrons. The molecule has 1 atom stereocenters. The number of aromatic nitrogens is 3. The molecule has 5 nitrogen and oxygen atoms in total. The lowest BCUT2D eigenvalue weighted by Crippen LogP contribution is -2.15. The van der Waals surface area contributed by atoms with E-state index in [1.165, 1.54) is 0 Å². The van der Waals surface area contributed by atoms with E-state index in [0.29, 0.717) is 0 Å². The second-order valence-corrected chi connectivity index (χ2v) is 6.55. The van der Waals surface area contributed by atoms with Crippen LogP contribution >= 0.6 is 11.3 Å². The number of benzene rings is 1. The Balaban J connectivity index is 1.70. The Labute approximate surface area is 144 Å². The largest absolute Gasteiger partial charge is 0.496 e. The molecule has 0 radical (unpaired) electrons. The van der Waals surface area contributed by atoms with E-state index < -0.39 is 0 Å². The zero-order chi connectivity index (χ0) is 16.4. The maximum absolute atomic E-state index is 5.76. The number of imidazole rings is 1. The highest BCUT2D eigenvalue weighted by Crippen LogP contribution is 2.33. The molecule has 1 aliphatic heterocycles. The summed E-state index contributed by atoms with van der Waals surface area (Å²) in [6, 6.07) is 6.13. The molecule has 3 aromatic rings. The van der Waals surface area contributed by atoms with Gasteiger partial charge in [-0.15, -0.1) is 11.3 Å². The molecular formula is C18H19N3O2S. The fraction of sp³-hybridized carbons (Fsp3) is 0.333. The molecule has 1 unspecified atom stereocenters. The van der Waals surface area contributed by atoms with Crippen LogP contribution < -0.4 is 4.74 Å². The highest BCUT2D eigenvalue weighted by molar-refractivity contribution is 7.07. The minimum absolute atomic E-state index is 0.286. The van der Waals surface area contributed by atoms with Crippen molar-refractivity contribution in [2.45, 2.75) is 25.5 Å². The molecule has 2 aromatic heterocycles. The first-order chi connectivity index (χ1) is 11.8. The van der Waals surface area contributed by atoms with Crippen molar-refractivity contribution in [2.24, 2.45) is 0 Å². The Morgan fingerprint density at radius 1 is 1.38 bits per heavy atom. The van der Waals surface area contributed by atoms with E-state index in [0.717, 1.165) is 54.4 Å². The van der Waals surface area contributed by atoms with Crippen molar-refractivity contribution in [3.05, 3.63) is 41.5 Å². The lowest BCUT2D eigenvalue weighted by atomic mass is 10.1. The quantitative estimate of drug-likeness (QED) is 0.707. The average Bonchev–Trinajstić information content (AvgIpc) is 3.37. The molecule has 0 bridgehead atoms. The standard InChI is InChI=1S/C18H19N3O2S/c1-22-17-5-4-13(9-15(17)16-11-24-12-20-16)18-19-6-7-21(18)10-14-3-2-8-23-14/h4-7,9,11-12,14H,2-3,8,10H2,1H3. The Kier molecular flexibility index (Phi) is 4.32. The molecule has 0 amide bonds. The minimum atomic E-state index is 0.286. The van der Waals surface area contributed by atoms with Crippen LogP contribution in [0.15, 0.2) is 41.5 Å². The number of thiazole rings is 1. The van der Waals surface area contributed by atoms with Crippen LogP contribution in [0.4, 0.5) is 0 Å². The Hall–Kier alpha value is -2.18. The summed E-state index contributed by atoms with van der Waals surface area (Å²) in [6.07, 6.45) is 6.41. The van der Waals surface area contributed by atoms with Gasteiger partial charge in [-0.05, 0) is 31.0 Å². The highest BCUT2D eigenvalue weighted by Gasteiger charge is 2.18. The summed E-state index contributed by atoms with van der Waals surface area (Å²) < 4.78 is 13.4. The predicted molar refractivity (Wildman–Crippen MR) is 94.3 cm³/mol. The summed E-state index contributed by atoms with van der Waals surface area (Å²) in [4.78, 5) is 8.97. The predicted octanol–water partition coefficient (Wildman–Crippen LogP) is 3.86. The van der Waals surface area contributed by atoms with E-state index in [2.05, 4.69) is 20.6 Å². The summed E-state index contributed by atoms with van der Waals surface area (Å²) in [7, 11) is 1.68. The zero-order valence-electron chi connectivity index (χ0n) is 13.5. The monoisotopic (exact) mass is 341 g/mol. The van der Waals surface area contributed by atoms with Crippen molar-refractivity contribution in [3.8, 4) is 28.4 Å². The molecule has 1 fully saturated rings. The van der Waals surface area contributed by atoms with Crippen LogP contribution in [0.25, 0.3) is 22.6 Å². The van der Waals surface area contributed by atoms with Gasteiger partial charge in [-0.25, -0.2) is 9.97 Å². The van der Waals surface area contributed by atoms with Gasteiger partial charge in [0.1, 0.15) is 11.6 Å². The Bertz CT molecular complexity index is 808. The lowest BCUT2D eigenvalue weighted by molar-refractivity contribution is 0.0974. The van der Waals surface area contributed by atoms with Crippen molar-refractivity contribution in [2.75, 3.05) is 13.7 Å². The molecule has 0 spiro atoms. The van der Waals surface area contributed by atoms with Crippen LogP contribution in [-0.2, 0) is 11.3 Å². The first kappa shape index (κ1) is 15.4. The second kappa shape index (κ2) is 6.75. The summed E-state index contributed by atoms with van der Waals surface area (Å²) in [5.74, 6) is 1.77. The van der Waals surface area contributed by atoms with E-state index in [-0.39, 0.29) is 6.10 Å². The van der Waals surface area contributed by atoms with Crippen LogP contribution in [-0.4, -0.2) is 34.4 Å². The van der Waals surface area contributed by atoms with E-state index in [4.69, 9.17) is 9.47 Å². The molecular weight excluding hydrogens is 322 g/mol. The molecule has 1 aromatic carbocycles. The molecule has 4 rings (SSSR count). The van der Waals surface area contributed by atoms with Crippen LogP contribution in [0.2, 0.25) is 0 Å². The van der Waals surface area contributed by atoms with Gasteiger partial charge in [0.05, 0.1) is 31.0 Å². The highest BCUT2D eigenvalue weighted by atomic mass is 32.1. The van der Waals surface area contributed by atoms with Gasteiger partial charge >= 0.3 is 0 Å². The van der Waals surface area contributed by atoms with Crippen molar-refractivity contribution >= 4 is 11.3 Å². The minimum Gasteiger partial charge on any atom is -0.496 e. The summed E-state index contributed by atoms with van der Waals surface area (Å²) >= 11 is 1.58. The van der Waals surface area contributed by atoms with Gasteiger partial charge < -0.3 is 14.0 Å². The topological polar surface area (TPSA) is 49.2 Å². The van der Waals surface area contributed by atoms with Gasteiger partial charge in [0.25, 0.3) is 0 Å². The first-order valence-corrected chi connectivity index (χ1v) is 8.99. The molecule has 1 aliphatic rings. The maximum Gasteiger partial charge on any atom is 0.139 e. The third-order valence-corrected chi connectivity index (χ3v) is 4.89. The Morgan fingerprint density at radius 2 is 2.33 bits per heavy atom. The van der Waals surface area contributed by atoms with Crippen LogP contribution in [0.1, 0.15) is 12.8 Å². The molecule has 3 heterocycles. The first-order valence-electron chi connectivity index (χ1n) is 8.05. The molecule has 1 saturated heterocycles. The average molecular weight is 341 g/mol. The van der Waals surface area contributed by atoms with Crippen LogP contribution in [0.5, 0.6) is 5.75 Å². The van der Waals surface area contributed by atoms with Gasteiger partial charge in [-0.2, -0.15) is 0 Å². The number of ether oxygens (including phenoxy) is 2. The number of methoxy groups -OCH3 is 1. The van der Waals surface area contributed by atoms with E-state index in [1.807, 2.05) is 35.4 Å². The molecule has 0 N–H and O–H groups in total. The number of hydrogen-bond donors (Lipinski definition) is 0. The fourth-order valence-corrected chi connectivity index (χ4v) is 3.67. The summed E-state index contributed by atoms with van der Waals surface area (Å²) in [5, 5.41) is 2.03. The molecule has 0 aliphatic carbocycles. The maximum atomic E-state index is 5.76. The molecule has 24 heavy (non-hydrogen) atoms. The summed E-state index contributed by atoms with van der Waals surface area (Å²) in [5.41, 5.74) is 4.81. The lowest BCUT2D eigenvalue weighted by Gasteiger charge is -2.14. The van der Waals surface area contributed by atoms with Gasteiger partial charge in [0.2, 0.25) is 0 Å². The number of rotatable bonds is 5. The third-order valence-electron chi connectivity index (χ3n) is 4.31. The van der Waals surface area contributed by atoms with Gasteiger partial charge in [-0.1, -0.05) is 0 Å². The molecule has 0 saturated carbocycles. The van der Waals surface area contributed by atoms with Crippen molar-refractivity contribution < 1.29 is 9.47 Å². The van der Waals surface area contributed by atoms with Gasteiger partial charge in [-0.3, -0.25) is 0 Å². The van der Waals surface area contributed by atoms with Crippen molar-refractivity contribution in [1.82, 2.24) is 14.5 Å². The SMILES string of the molecule is COc1ccc(-c2nccn2CC2CCCO2)cc1-c1cscn1.